The summed E-state index contributed by atoms with van der Waals surface area (Å²) in [7, 11) is 0. The van der Waals surface area contributed by atoms with E-state index in [1.807, 2.05) is 31.2 Å². The zero-order valence-corrected chi connectivity index (χ0v) is 17.9. The van der Waals surface area contributed by atoms with Gasteiger partial charge >= 0.3 is 6.03 Å². The highest BCUT2D eigenvalue weighted by molar-refractivity contribution is 9.10. The van der Waals surface area contributed by atoms with Crippen LogP contribution in [0.3, 0.4) is 0 Å². The van der Waals surface area contributed by atoms with E-state index in [9.17, 15) is 14.0 Å². The Balaban J connectivity index is 1.51. The zero-order chi connectivity index (χ0) is 21.0. The second-order valence-corrected chi connectivity index (χ2v) is 7.80. The summed E-state index contributed by atoms with van der Waals surface area (Å²) in [5.41, 5.74) is 1.82. The van der Waals surface area contributed by atoms with Crippen LogP contribution in [-0.4, -0.2) is 54.0 Å². The van der Waals surface area contributed by atoms with E-state index in [1.165, 1.54) is 18.2 Å². The molecule has 3 rings (SSSR count). The molecule has 6 nitrogen and oxygen atoms in total. The molecular weight excluding hydrogens is 441 g/mol. The molecule has 1 N–H and O–H groups in total. The van der Waals surface area contributed by atoms with Gasteiger partial charge in [-0.15, -0.1) is 0 Å². The van der Waals surface area contributed by atoms with E-state index in [0.717, 1.165) is 11.3 Å². The smallest absolute Gasteiger partial charge is 0.321 e. The summed E-state index contributed by atoms with van der Waals surface area (Å²) in [6, 6.07) is 11.5. The fourth-order valence-corrected chi connectivity index (χ4v) is 3.57. The summed E-state index contributed by atoms with van der Waals surface area (Å²) in [4.78, 5) is 28.5. The van der Waals surface area contributed by atoms with E-state index in [0.29, 0.717) is 36.4 Å². The number of rotatable bonds is 4. The molecule has 1 unspecified atom stereocenters. The lowest BCUT2D eigenvalue weighted by molar-refractivity contribution is -0.139. The molecule has 154 valence electrons. The minimum atomic E-state index is -0.718. The third kappa shape index (κ3) is 5.47. The van der Waals surface area contributed by atoms with Crippen LogP contribution in [-0.2, 0) is 4.79 Å². The van der Waals surface area contributed by atoms with Crippen molar-refractivity contribution < 1.29 is 18.7 Å². The quantitative estimate of drug-likeness (QED) is 0.743. The molecular formula is C21H23BrFN3O3. The van der Waals surface area contributed by atoms with Crippen LogP contribution < -0.4 is 10.1 Å². The van der Waals surface area contributed by atoms with E-state index >= 15 is 0 Å². The number of nitrogens with one attached hydrogen (secondary N) is 1. The number of nitrogens with zero attached hydrogens (tertiary/aromatic N) is 2. The molecule has 0 aliphatic carbocycles. The van der Waals surface area contributed by atoms with E-state index in [4.69, 9.17) is 4.74 Å². The molecule has 1 heterocycles. The Morgan fingerprint density at radius 1 is 1.10 bits per heavy atom. The van der Waals surface area contributed by atoms with Crippen molar-refractivity contribution in [3.8, 4) is 5.75 Å². The molecule has 1 aliphatic rings. The van der Waals surface area contributed by atoms with Crippen molar-refractivity contribution in [1.82, 2.24) is 9.80 Å². The molecule has 8 heteroatoms. The van der Waals surface area contributed by atoms with Gasteiger partial charge in [0.1, 0.15) is 11.6 Å². The molecule has 1 atom stereocenters. The van der Waals surface area contributed by atoms with Gasteiger partial charge in [0.25, 0.3) is 5.91 Å². The zero-order valence-electron chi connectivity index (χ0n) is 16.3. The number of carbonyl (C=O) groups is 2. The van der Waals surface area contributed by atoms with E-state index in [-0.39, 0.29) is 17.8 Å². The third-order valence-electron chi connectivity index (χ3n) is 4.69. The fourth-order valence-electron chi connectivity index (χ4n) is 3.12. The van der Waals surface area contributed by atoms with Crippen molar-refractivity contribution in [1.29, 1.82) is 0 Å². The Morgan fingerprint density at radius 3 is 2.45 bits per heavy atom. The van der Waals surface area contributed by atoms with Gasteiger partial charge in [-0.05, 0) is 65.7 Å². The molecule has 0 bridgehead atoms. The second kappa shape index (κ2) is 9.26. The van der Waals surface area contributed by atoms with Crippen LogP contribution in [0.1, 0.15) is 12.5 Å². The van der Waals surface area contributed by atoms with Crippen molar-refractivity contribution in [3.63, 3.8) is 0 Å². The van der Waals surface area contributed by atoms with Crippen molar-refractivity contribution in [3.05, 3.63) is 58.3 Å². The number of hydrogen-bond donors (Lipinski definition) is 1. The number of urea groups is 1. The largest absolute Gasteiger partial charge is 0.480 e. The van der Waals surface area contributed by atoms with Gasteiger partial charge in [-0.1, -0.05) is 12.1 Å². The molecule has 1 fully saturated rings. The summed E-state index contributed by atoms with van der Waals surface area (Å²) in [5, 5.41) is 2.89. The number of halogens is 2. The van der Waals surface area contributed by atoms with Gasteiger partial charge in [-0.2, -0.15) is 0 Å². The fraction of sp³-hybridized carbons (Fsp3) is 0.333. The number of hydrogen-bond acceptors (Lipinski definition) is 3. The molecule has 0 saturated carbocycles. The number of anilines is 1. The summed E-state index contributed by atoms with van der Waals surface area (Å²) < 4.78 is 19.3. The average molecular weight is 464 g/mol. The summed E-state index contributed by atoms with van der Waals surface area (Å²) in [6.45, 7) is 5.37. The lowest BCUT2D eigenvalue weighted by atomic mass is 10.2. The van der Waals surface area contributed by atoms with Crippen molar-refractivity contribution in [2.24, 2.45) is 0 Å². The van der Waals surface area contributed by atoms with Gasteiger partial charge in [0.2, 0.25) is 0 Å². The highest BCUT2D eigenvalue weighted by atomic mass is 79.9. The lowest BCUT2D eigenvalue weighted by Crippen LogP contribution is -2.54. The maximum absolute atomic E-state index is 13.2. The molecule has 1 saturated heterocycles. The molecule has 2 aromatic rings. The van der Waals surface area contributed by atoms with Crippen molar-refractivity contribution in [2.45, 2.75) is 20.0 Å². The second-order valence-electron chi connectivity index (χ2n) is 6.95. The van der Waals surface area contributed by atoms with Crippen LogP contribution in [0, 0.1) is 12.7 Å². The third-order valence-corrected chi connectivity index (χ3v) is 5.31. The standard InChI is InChI=1S/C21H23BrFN3O3/c1-14-4-3-5-17(12-14)24-21(28)26-10-8-25(9-11-26)20(27)15(2)29-19-7-6-16(23)13-18(19)22/h3-7,12-13,15H,8-11H2,1-2H3,(H,24,28). The van der Waals surface area contributed by atoms with E-state index < -0.39 is 6.10 Å². The van der Waals surface area contributed by atoms with E-state index in [2.05, 4.69) is 21.2 Å². The molecule has 3 amide bonds. The highest BCUT2D eigenvalue weighted by Gasteiger charge is 2.28. The Labute approximate surface area is 177 Å². The molecule has 1 aliphatic heterocycles. The van der Waals surface area contributed by atoms with Gasteiger partial charge in [0, 0.05) is 31.9 Å². The van der Waals surface area contributed by atoms with Crippen LogP contribution in [0.15, 0.2) is 46.9 Å². The summed E-state index contributed by atoms with van der Waals surface area (Å²) in [5.74, 6) is -0.147. The molecule has 0 spiro atoms. The lowest BCUT2D eigenvalue weighted by Gasteiger charge is -2.35. The minimum Gasteiger partial charge on any atom is -0.480 e. The van der Waals surface area contributed by atoms with Crippen LogP contribution in [0.4, 0.5) is 14.9 Å². The van der Waals surface area contributed by atoms with Gasteiger partial charge in [0.15, 0.2) is 6.10 Å². The normalized spacial score (nSPS) is 15.0. The SMILES string of the molecule is Cc1cccc(NC(=O)N2CCN(C(=O)C(C)Oc3ccc(F)cc3Br)CC2)c1. The van der Waals surface area contributed by atoms with Crippen molar-refractivity contribution in [2.75, 3.05) is 31.5 Å². The number of carbonyl (C=O) groups excluding carboxylic acids is 2. The van der Waals surface area contributed by atoms with Gasteiger partial charge < -0.3 is 19.9 Å². The first-order valence-electron chi connectivity index (χ1n) is 9.36. The number of ether oxygens (including phenoxy) is 1. The topological polar surface area (TPSA) is 61.9 Å². The maximum atomic E-state index is 13.2. The van der Waals surface area contributed by atoms with Gasteiger partial charge in [-0.25, -0.2) is 9.18 Å². The molecule has 0 aromatic heterocycles. The first-order chi connectivity index (χ1) is 13.8. The minimum absolute atomic E-state index is 0.167. The molecule has 29 heavy (non-hydrogen) atoms. The van der Waals surface area contributed by atoms with Crippen LogP contribution in [0.25, 0.3) is 0 Å². The Hall–Kier alpha value is -2.61. The predicted molar refractivity (Wildman–Crippen MR) is 113 cm³/mol. The highest BCUT2D eigenvalue weighted by Crippen LogP contribution is 2.26. The summed E-state index contributed by atoms with van der Waals surface area (Å²) >= 11 is 3.24. The Morgan fingerprint density at radius 2 is 1.79 bits per heavy atom. The Bertz CT molecular complexity index is 900. The number of piperazine rings is 1. The van der Waals surface area contributed by atoms with Crippen LogP contribution >= 0.6 is 15.9 Å². The number of aryl methyl sites for hydroxylation is 1. The number of amides is 3. The first kappa shape index (κ1) is 21.1. The average Bonchev–Trinajstić information content (AvgIpc) is 2.69. The Kier molecular flexibility index (Phi) is 6.74. The van der Waals surface area contributed by atoms with Crippen molar-refractivity contribution >= 4 is 33.6 Å². The monoisotopic (exact) mass is 463 g/mol. The van der Waals surface area contributed by atoms with Gasteiger partial charge in [-0.3, -0.25) is 4.79 Å². The van der Waals surface area contributed by atoms with Gasteiger partial charge in [0.05, 0.1) is 4.47 Å². The summed E-state index contributed by atoms with van der Waals surface area (Å²) in [6.07, 6.45) is -0.718. The number of benzene rings is 2. The van der Waals surface area contributed by atoms with Crippen LogP contribution in [0.5, 0.6) is 5.75 Å². The first-order valence-corrected chi connectivity index (χ1v) is 10.2. The molecule has 0 radical (unpaired) electrons. The van der Waals surface area contributed by atoms with E-state index in [1.54, 1.807) is 16.7 Å². The molecule has 2 aromatic carbocycles. The predicted octanol–water partition coefficient (Wildman–Crippen LogP) is 4.04. The maximum Gasteiger partial charge on any atom is 0.321 e. The van der Waals surface area contributed by atoms with Crippen LogP contribution in [0.2, 0.25) is 0 Å².